The van der Waals surface area contributed by atoms with Gasteiger partial charge in [0.1, 0.15) is 17.5 Å². The highest BCUT2D eigenvalue weighted by atomic mass is 35.5. The van der Waals surface area contributed by atoms with E-state index in [1.54, 1.807) is 30.2 Å². The molecule has 0 aliphatic rings. The normalized spacial score (nSPS) is 12.1. The second-order valence-corrected chi connectivity index (χ2v) is 9.14. The third kappa shape index (κ3) is 7.45. The van der Waals surface area contributed by atoms with Gasteiger partial charge in [-0.05, 0) is 75.6 Å². The number of rotatable bonds is 9. The average Bonchev–Trinajstić information content (AvgIpc) is 2.73. The second-order valence-electron chi connectivity index (χ2n) is 8.73. The van der Waals surface area contributed by atoms with Crippen molar-refractivity contribution in [3.8, 4) is 11.5 Å². The van der Waals surface area contributed by atoms with Crippen molar-refractivity contribution in [2.45, 2.75) is 59.2 Å². The van der Waals surface area contributed by atoms with E-state index in [1.165, 1.54) is 0 Å². The van der Waals surface area contributed by atoms with E-state index in [4.69, 9.17) is 21.1 Å². The fraction of sp³-hybridized carbons (Fsp3) is 0.440. The second kappa shape index (κ2) is 11.2. The summed E-state index contributed by atoms with van der Waals surface area (Å²) in [6.45, 7) is 9.61. The maximum atomic E-state index is 13.2. The van der Waals surface area contributed by atoms with Crippen LogP contribution >= 0.6 is 11.6 Å². The minimum absolute atomic E-state index is 0.184. The highest BCUT2D eigenvalue weighted by molar-refractivity contribution is 6.31. The predicted molar refractivity (Wildman–Crippen MR) is 127 cm³/mol. The molecule has 0 bridgehead atoms. The highest BCUT2D eigenvalue weighted by Gasteiger charge is 2.30. The van der Waals surface area contributed by atoms with Crippen molar-refractivity contribution >= 4 is 23.4 Å². The van der Waals surface area contributed by atoms with Gasteiger partial charge in [0.2, 0.25) is 5.91 Å². The molecule has 0 aromatic heterocycles. The molecule has 7 heteroatoms. The highest BCUT2D eigenvalue weighted by Crippen LogP contribution is 2.22. The Balaban J connectivity index is 2.24. The lowest BCUT2D eigenvalue weighted by Crippen LogP contribution is -2.54. The van der Waals surface area contributed by atoms with Crippen LogP contribution in [0.4, 0.5) is 0 Å². The predicted octanol–water partition coefficient (Wildman–Crippen LogP) is 4.76. The summed E-state index contributed by atoms with van der Waals surface area (Å²) in [6, 6.07) is 12.1. The molecule has 0 radical (unpaired) electrons. The zero-order valence-electron chi connectivity index (χ0n) is 19.7. The van der Waals surface area contributed by atoms with Crippen LogP contribution in [0, 0.1) is 6.92 Å². The first kappa shape index (κ1) is 25.5. The zero-order valence-corrected chi connectivity index (χ0v) is 20.5. The van der Waals surface area contributed by atoms with Crippen molar-refractivity contribution in [2.24, 2.45) is 0 Å². The van der Waals surface area contributed by atoms with E-state index >= 15 is 0 Å². The van der Waals surface area contributed by atoms with Crippen LogP contribution in [0.3, 0.4) is 0 Å². The Morgan fingerprint density at radius 2 is 1.72 bits per heavy atom. The summed E-state index contributed by atoms with van der Waals surface area (Å²) in [5, 5.41) is 3.62. The summed E-state index contributed by atoms with van der Waals surface area (Å²) in [4.78, 5) is 27.8. The van der Waals surface area contributed by atoms with E-state index in [9.17, 15) is 9.59 Å². The van der Waals surface area contributed by atoms with E-state index < -0.39 is 11.6 Å². The first-order chi connectivity index (χ1) is 15.0. The number of benzene rings is 2. The molecule has 1 atom stereocenters. The average molecular weight is 461 g/mol. The van der Waals surface area contributed by atoms with Crippen LogP contribution in [0.2, 0.25) is 5.02 Å². The van der Waals surface area contributed by atoms with Gasteiger partial charge in [0, 0.05) is 17.1 Å². The van der Waals surface area contributed by atoms with Gasteiger partial charge in [-0.15, -0.1) is 0 Å². The number of carbonyl (C=O) groups is 2. The van der Waals surface area contributed by atoms with Crippen molar-refractivity contribution in [1.29, 1.82) is 0 Å². The largest absolute Gasteiger partial charge is 0.497 e. The number of nitrogens with zero attached hydrogens (tertiary/aromatic N) is 1. The van der Waals surface area contributed by atoms with Crippen LogP contribution in [-0.4, -0.2) is 42.0 Å². The van der Waals surface area contributed by atoms with E-state index in [0.717, 1.165) is 16.9 Å². The van der Waals surface area contributed by atoms with Gasteiger partial charge in [-0.1, -0.05) is 30.7 Å². The summed E-state index contributed by atoms with van der Waals surface area (Å²) in [5.74, 6) is 0.816. The molecule has 2 aromatic carbocycles. The minimum Gasteiger partial charge on any atom is -0.497 e. The van der Waals surface area contributed by atoms with E-state index in [0.29, 0.717) is 17.2 Å². The number of hydrogen-bond donors (Lipinski definition) is 1. The van der Waals surface area contributed by atoms with Crippen molar-refractivity contribution in [2.75, 3.05) is 13.7 Å². The SMILES string of the molecule is CC[C@H](C(=O)NC(C)(C)C)N(Cc1ccc(OC)cc1)C(=O)COc1ccc(Cl)c(C)c1. The van der Waals surface area contributed by atoms with Crippen molar-refractivity contribution in [3.63, 3.8) is 0 Å². The fourth-order valence-corrected chi connectivity index (χ4v) is 3.35. The van der Waals surface area contributed by atoms with Gasteiger partial charge < -0.3 is 19.7 Å². The molecular weight excluding hydrogens is 428 g/mol. The number of carbonyl (C=O) groups excluding carboxylic acids is 2. The third-order valence-corrected chi connectivity index (χ3v) is 5.31. The lowest BCUT2D eigenvalue weighted by atomic mass is 10.1. The monoisotopic (exact) mass is 460 g/mol. The Kier molecular flexibility index (Phi) is 8.96. The number of hydrogen-bond acceptors (Lipinski definition) is 4. The van der Waals surface area contributed by atoms with Crippen LogP contribution in [0.1, 0.15) is 45.2 Å². The van der Waals surface area contributed by atoms with Crippen LogP contribution in [0.25, 0.3) is 0 Å². The quantitative estimate of drug-likeness (QED) is 0.586. The van der Waals surface area contributed by atoms with Gasteiger partial charge in [0.15, 0.2) is 6.61 Å². The lowest BCUT2D eigenvalue weighted by molar-refractivity contribution is -0.143. The smallest absolute Gasteiger partial charge is 0.261 e. The number of ether oxygens (including phenoxy) is 2. The van der Waals surface area contributed by atoms with E-state index in [1.807, 2.05) is 58.9 Å². The maximum Gasteiger partial charge on any atom is 0.261 e. The number of amides is 2. The summed E-state index contributed by atoms with van der Waals surface area (Å²) in [5.41, 5.74) is 1.35. The maximum absolute atomic E-state index is 13.2. The Morgan fingerprint density at radius 3 is 2.25 bits per heavy atom. The summed E-state index contributed by atoms with van der Waals surface area (Å²) in [6.07, 6.45) is 0.476. The summed E-state index contributed by atoms with van der Waals surface area (Å²) < 4.78 is 10.9. The number of halogens is 1. The van der Waals surface area contributed by atoms with Gasteiger partial charge in [-0.2, -0.15) is 0 Å². The molecule has 0 fully saturated rings. The lowest BCUT2D eigenvalue weighted by Gasteiger charge is -2.33. The zero-order chi connectivity index (χ0) is 23.9. The molecule has 2 rings (SSSR count). The van der Waals surface area contributed by atoms with Crippen LogP contribution < -0.4 is 14.8 Å². The molecule has 0 heterocycles. The topological polar surface area (TPSA) is 67.9 Å². The summed E-state index contributed by atoms with van der Waals surface area (Å²) >= 11 is 6.07. The van der Waals surface area contributed by atoms with Gasteiger partial charge >= 0.3 is 0 Å². The van der Waals surface area contributed by atoms with Crippen LogP contribution in [0.15, 0.2) is 42.5 Å². The van der Waals surface area contributed by atoms with Gasteiger partial charge in [0.05, 0.1) is 7.11 Å². The molecule has 0 spiro atoms. The first-order valence-corrected chi connectivity index (χ1v) is 11.0. The van der Waals surface area contributed by atoms with Gasteiger partial charge in [0.25, 0.3) is 5.91 Å². The van der Waals surface area contributed by atoms with E-state index in [-0.39, 0.29) is 25.0 Å². The number of aryl methyl sites for hydroxylation is 1. The minimum atomic E-state index is -0.626. The Bertz CT molecular complexity index is 923. The Labute approximate surface area is 195 Å². The molecule has 0 aliphatic carbocycles. The molecule has 1 N–H and O–H groups in total. The number of methoxy groups -OCH3 is 1. The molecule has 174 valence electrons. The Morgan fingerprint density at radius 1 is 1.09 bits per heavy atom. The molecule has 0 saturated heterocycles. The van der Waals surface area contributed by atoms with Gasteiger partial charge in [-0.3, -0.25) is 9.59 Å². The van der Waals surface area contributed by atoms with Crippen LogP contribution in [-0.2, 0) is 16.1 Å². The molecule has 0 unspecified atom stereocenters. The molecule has 2 amide bonds. The fourth-order valence-electron chi connectivity index (χ4n) is 3.24. The molecule has 0 saturated carbocycles. The Hall–Kier alpha value is -2.73. The molecular formula is C25H33ClN2O4. The molecule has 6 nitrogen and oxygen atoms in total. The molecule has 32 heavy (non-hydrogen) atoms. The van der Waals surface area contributed by atoms with Crippen molar-refractivity contribution in [3.05, 3.63) is 58.6 Å². The number of nitrogens with one attached hydrogen (secondary N) is 1. The third-order valence-electron chi connectivity index (χ3n) is 4.89. The molecule has 0 aliphatic heterocycles. The van der Waals surface area contributed by atoms with Crippen molar-refractivity contribution in [1.82, 2.24) is 10.2 Å². The standard InChI is InChI=1S/C25H33ClN2O4/c1-7-22(24(30)27-25(3,4)5)28(15-18-8-10-19(31-6)11-9-18)23(29)16-32-20-12-13-21(26)17(2)14-20/h8-14,22H,7,15-16H2,1-6H3,(H,27,30)/t22-/m1/s1. The molecule has 2 aromatic rings. The van der Waals surface area contributed by atoms with E-state index in [2.05, 4.69) is 5.32 Å². The van der Waals surface area contributed by atoms with Crippen molar-refractivity contribution < 1.29 is 19.1 Å². The van der Waals surface area contributed by atoms with Crippen LogP contribution in [0.5, 0.6) is 11.5 Å². The summed E-state index contributed by atoms with van der Waals surface area (Å²) in [7, 11) is 1.60. The van der Waals surface area contributed by atoms with Gasteiger partial charge in [-0.25, -0.2) is 0 Å². The first-order valence-electron chi connectivity index (χ1n) is 10.7.